The van der Waals surface area contributed by atoms with Crippen LogP contribution in [0.5, 0.6) is 11.6 Å². The van der Waals surface area contributed by atoms with E-state index >= 15 is 0 Å². The largest absolute Gasteiger partial charge is 0.491 e. The molecular weight excluding hydrogens is 553 g/mol. The molecule has 2 amide bonds. The molecule has 2 heterocycles. The van der Waals surface area contributed by atoms with Gasteiger partial charge in [0, 0.05) is 29.3 Å². The average molecular weight is 590 g/mol. The van der Waals surface area contributed by atoms with Crippen molar-refractivity contribution in [2.45, 2.75) is 59.0 Å². The Morgan fingerprint density at radius 1 is 0.930 bits per heavy atom. The molecule has 4 rings (SSSR count). The summed E-state index contributed by atoms with van der Waals surface area (Å²) in [7, 11) is 1.37. The zero-order valence-corrected chi connectivity index (χ0v) is 25.0. The van der Waals surface area contributed by atoms with Gasteiger partial charge in [-0.15, -0.1) is 0 Å². The molecule has 0 aliphatic rings. The van der Waals surface area contributed by atoms with Gasteiger partial charge in [0.2, 0.25) is 11.8 Å². The van der Waals surface area contributed by atoms with E-state index in [0.29, 0.717) is 59.6 Å². The molecule has 0 saturated carbocycles. The van der Waals surface area contributed by atoms with Crippen molar-refractivity contribution in [3.63, 3.8) is 0 Å². The summed E-state index contributed by atoms with van der Waals surface area (Å²) in [6.07, 6.45) is 4.85. The van der Waals surface area contributed by atoms with Crippen LogP contribution >= 0.6 is 0 Å². The minimum absolute atomic E-state index is 0.0733. The van der Waals surface area contributed by atoms with Gasteiger partial charge in [0.15, 0.2) is 5.82 Å². The van der Waals surface area contributed by atoms with Crippen molar-refractivity contribution in [1.82, 2.24) is 15.0 Å². The number of hydrogen-bond acceptors (Lipinski definition) is 8. The monoisotopic (exact) mass is 589 g/mol. The maximum atomic E-state index is 14.4. The van der Waals surface area contributed by atoms with Crippen LogP contribution in [0, 0.1) is 12.7 Å². The number of aryl methyl sites for hydroxylation is 1. The second-order valence-electron chi connectivity index (χ2n) is 10.9. The van der Waals surface area contributed by atoms with Crippen LogP contribution in [-0.4, -0.2) is 46.3 Å². The van der Waals surface area contributed by atoms with E-state index in [1.54, 1.807) is 51.2 Å². The van der Waals surface area contributed by atoms with Crippen LogP contribution in [0.1, 0.15) is 52.1 Å². The van der Waals surface area contributed by atoms with E-state index in [1.165, 1.54) is 19.5 Å². The quantitative estimate of drug-likeness (QED) is 0.178. The van der Waals surface area contributed by atoms with Crippen LogP contribution in [0.3, 0.4) is 0 Å². The van der Waals surface area contributed by atoms with E-state index in [0.717, 1.165) is 17.5 Å². The molecule has 0 fully saturated rings. The van der Waals surface area contributed by atoms with E-state index in [2.05, 4.69) is 25.6 Å². The molecule has 11 heteroatoms. The molecule has 0 saturated heterocycles. The molecule has 2 N–H and O–H groups in total. The Morgan fingerprint density at radius 2 is 1.67 bits per heavy atom. The van der Waals surface area contributed by atoms with Gasteiger partial charge in [0.25, 0.3) is 0 Å². The van der Waals surface area contributed by atoms with Crippen molar-refractivity contribution in [2.24, 2.45) is 0 Å². The molecule has 0 unspecified atom stereocenters. The third kappa shape index (κ3) is 8.60. The number of unbranched alkanes of at least 4 members (excludes halogenated alkanes) is 2. The van der Waals surface area contributed by atoms with Gasteiger partial charge in [0.05, 0.1) is 25.1 Å². The van der Waals surface area contributed by atoms with Crippen LogP contribution in [-0.2, 0) is 9.53 Å². The standard InChI is InChI=1S/C32H36FN5O5/c1-20-23-15-21(22-16-24(33)30(41-5)34-18-22)17-27(29(23)36-19-35-20)42-14-10-6-7-13-28(39)37-25-11-8-9-12-26(25)38-31(40)43-32(2,3)4/h8-9,11-12,15-19H,6-7,10,13-14H2,1-5H3,(H,37,39)(H,38,40). The van der Waals surface area contributed by atoms with Crippen molar-refractivity contribution in [3.8, 4) is 22.8 Å². The highest BCUT2D eigenvalue weighted by atomic mass is 19.1. The summed E-state index contributed by atoms with van der Waals surface area (Å²) in [4.78, 5) is 37.5. The molecule has 2 aromatic carbocycles. The number of methoxy groups -OCH3 is 1. The van der Waals surface area contributed by atoms with Crippen LogP contribution in [0.15, 0.2) is 55.0 Å². The number of carbonyl (C=O) groups is 2. The van der Waals surface area contributed by atoms with Gasteiger partial charge in [0.1, 0.15) is 23.2 Å². The molecule has 0 radical (unpaired) electrons. The summed E-state index contributed by atoms with van der Waals surface area (Å²) in [5, 5.41) is 6.34. The number of carbonyl (C=O) groups excluding carboxylic acids is 2. The number of anilines is 2. The number of nitrogens with zero attached hydrogens (tertiary/aromatic N) is 3. The topological polar surface area (TPSA) is 125 Å². The zero-order valence-electron chi connectivity index (χ0n) is 25.0. The highest BCUT2D eigenvalue weighted by Crippen LogP contribution is 2.33. The highest BCUT2D eigenvalue weighted by molar-refractivity contribution is 5.97. The number of benzene rings is 2. The summed E-state index contributed by atoms with van der Waals surface area (Å²) < 4.78 is 30.7. The zero-order chi connectivity index (χ0) is 31.0. The predicted molar refractivity (Wildman–Crippen MR) is 163 cm³/mol. The molecule has 10 nitrogen and oxygen atoms in total. The van der Waals surface area contributed by atoms with Crippen LogP contribution in [0.4, 0.5) is 20.6 Å². The Kier molecular flexibility index (Phi) is 10.1. The van der Waals surface area contributed by atoms with Gasteiger partial charge in [-0.2, -0.15) is 0 Å². The van der Waals surface area contributed by atoms with Gasteiger partial charge in [-0.1, -0.05) is 12.1 Å². The average Bonchev–Trinajstić information content (AvgIpc) is 2.95. The molecule has 0 aliphatic carbocycles. The van der Waals surface area contributed by atoms with Crippen molar-refractivity contribution in [1.29, 1.82) is 0 Å². The van der Waals surface area contributed by atoms with E-state index in [-0.39, 0.29) is 11.8 Å². The Labute approximate surface area is 250 Å². The molecule has 226 valence electrons. The number of aromatic nitrogens is 3. The van der Waals surface area contributed by atoms with Crippen molar-refractivity contribution in [3.05, 3.63) is 66.5 Å². The van der Waals surface area contributed by atoms with Crippen molar-refractivity contribution >= 4 is 34.3 Å². The molecule has 0 spiro atoms. The molecular formula is C32H36FN5O5. The molecule has 0 bridgehead atoms. The van der Waals surface area contributed by atoms with Gasteiger partial charge < -0.3 is 19.5 Å². The Balaban J connectivity index is 1.31. The number of para-hydroxylation sites is 2. The first kappa shape index (κ1) is 31.1. The van der Waals surface area contributed by atoms with Crippen molar-refractivity contribution in [2.75, 3.05) is 24.4 Å². The fraction of sp³-hybridized carbons (Fsp3) is 0.344. The third-order valence-corrected chi connectivity index (χ3v) is 6.38. The number of rotatable bonds is 11. The lowest BCUT2D eigenvalue weighted by Crippen LogP contribution is -2.27. The highest BCUT2D eigenvalue weighted by Gasteiger charge is 2.18. The first-order chi connectivity index (χ1) is 20.5. The number of amides is 2. The molecule has 2 aromatic heterocycles. The number of nitrogens with one attached hydrogen (secondary N) is 2. The summed E-state index contributed by atoms with van der Waals surface area (Å²) in [6, 6.07) is 12.0. The number of hydrogen-bond donors (Lipinski definition) is 2. The van der Waals surface area contributed by atoms with Gasteiger partial charge in [-0.3, -0.25) is 10.1 Å². The number of halogens is 1. The van der Waals surface area contributed by atoms with E-state index in [1.807, 2.05) is 19.1 Å². The second kappa shape index (κ2) is 13.9. The fourth-order valence-electron chi connectivity index (χ4n) is 4.34. The number of ether oxygens (including phenoxy) is 3. The first-order valence-electron chi connectivity index (χ1n) is 14.0. The Hall–Kier alpha value is -4.80. The second-order valence-corrected chi connectivity index (χ2v) is 10.9. The van der Waals surface area contributed by atoms with Crippen molar-refractivity contribution < 1.29 is 28.2 Å². The molecule has 4 aromatic rings. The normalized spacial score (nSPS) is 11.2. The minimum atomic E-state index is -0.637. The summed E-state index contributed by atoms with van der Waals surface area (Å²) >= 11 is 0. The van der Waals surface area contributed by atoms with Gasteiger partial charge in [-0.25, -0.2) is 24.1 Å². The van der Waals surface area contributed by atoms with E-state index in [4.69, 9.17) is 14.2 Å². The maximum Gasteiger partial charge on any atom is 0.412 e. The minimum Gasteiger partial charge on any atom is -0.491 e. The van der Waals surface area contributed by atoms with E-state index in [9.17, 15) is 14.0 Å². The molecule has 0 aliphatic heterocycles. The van der Waals surface area contributed by atoms with Gasteiger partial charge >= 0.3 is 6.09 Å². The third-order valence-electron chi connectivity index (χ3n) is 6.38. The predicted octanol–water partition coefficient (Wildman–Crippen LogP) is 7.07. The summed E-state index contributed by atoms with van der Waals surface area (Å²) in [6.45, 7) is 7.62. The Bertz CT molecular complexity index is 1610. The number of pyridine rings is 1. The van der Waals surface area contributed by atoms with Crippen LogP contribution in [0.2, 0.25) is 0 Å². The fourth-order valence-corrected chi connectivity index (χ4v) is 4.34. The Morgan fingerprint density at radius 3 is 2.37 bits per heavy atom. The lowest BCUT2D eigenvalue weighted by molar-refractivity contribution is -0.116. The van der Waals surface area contributed by atoms with Crippen LogP contribution in [0.25, 0.3) is 22.0 Å². The first-order valence-corrected chi connectivity index (χ1v) is 14.0. The smallest absolute Gasteiger partial charge is 0.412 e. The van der Waals surface area contributed by atoms with Crippen LogP contribution < -0.4 is 20.1 Å². The SMILES string of the molecule is COc1ncc(-c2cc(OCCCCCC(=O)Nc3ccccc3NC(=O)OC(C)(C)C)c3ncnc(C)c3c2)cc1F. The lowest BCUT2D eigenvalue weighted by atomic mass is 10.0. The molecule has 43 heavy (non-hydrogen) atoms. The lowest BCUT2D eigenvalue weighted by Gasteiger charge is -2.20. The number of fused-ring (bicyclic) bond motifs is 1. The van der Waals surface area contributed by atoms with E-state index < -0.39 is 17.5 Å². The molecule has 0 atom stereocenters. The maximum absolute atomic E-state index is 14.4. The van der Waals surface area contributed by atoms with Gasteiger partial charge in [-0.05, 0) is 82.9 Å². The summed E-state index contributed by atoms with van der Waals surface area (Å²) in [5.74, 6) is -0.238. The summed E-state index contributed by atoms with van der Waals surface area (Å²) in [5.41, 5.74) is 3.04.